The summed E-state index contributed by atoms with van der Waals surface area (Å²) in [6.45, 7) is 5.46. The van der Waals surface area contributed by atoms with Gasteiger partial charge in [0.15, 0.2) is 5.76 Å². The number of nitrogens with one attached hydrogen (secondary N) is 1. The number of benzene rings is 2. The first-order chi connectivity index (χ1) is 14.7. The molecule has 0 aliphatic rings. The van der Waals surface area contributed by atoms with E-state index in [-0.39, 0.29) is 10.8 Å². The van der Waals surface area contributed by atoms with Crippen LogP contribution in [0.2, 0.25) is 0 Å². The summed E-state index contributed by atoms with van der Waals surface area (Å²) in [6, 6.07) is 13.8. The van der Waals surface area contributed by atoms with Crippen molar-refractivity contribution >= 4 is 39.5 Å². The highest BCUT2D eigenvalue weighted by atomic mass is 32.2. The second-order valence-corrected chi connectivity index (χ2v) is 9.09. The molecule has 0 saturated carbocycles. The molecule has 1 aromatic heterocycles. The van der Waals surface area contributed by atoms with E-state index in [9.17, 15) is 13.2 Å². The van der Waals surface area contributed by atoms with Gasteiger partial charge in [-0.25, -0.2) is 8.42 Å². The maximum absolute atomic E-state index is 12.9. The second-order valence-electron chi connectivity index (χ2n) is 7.12. The molecule has 1 N–H and O–H groups in total. The Hall–Kier alpha value is -3.39. The molecule has 7 nitrogen and oxygen atoms in total. The number of aryl methyl sites for hydroxylation is 2. The number of nitrogens with zero attached hydrogens (tertiary/aromatic N) is 2. The fourth-order valence-corrected chi connectivity index (χ4v) is 4.05. The Balaban J connectivity index is 1.79. The Kier molecular flexibility index (Phi) is 6.60. The monoisotopic (exact) mass is 439 g/mol. The molecule has 0 unspecified atom stereocenters. The number of aromatic nitrogens is 1. The van der Waals surface area contributed by atoms with Gasteiger partial charge in [0.2, 0.25) is 5.91 Å². The van der Waals surface area contributed by atoms with Crippen LogP contribution in [0.1, 0.15) is 35.9 Å². The number of anilines is 2. The lowest BCUT2D eigenvalue weighted by molar-refractivity contribution is -0.115. The quantitative estimate of drug-likeness (QED) is 0.579. The Morgan fingerprint density at radius 1 is 1.06 bits per heavy atom. The van der Waals surface area contributed by atoms with E-state index < -0.39 is 10.0 Å². The first-order valence-corrected chi connectivity index (χ1v) is 11.3. The number of amides is 1. The Morgan fingerprint density at radius 2 is 1.71 bits per heavy atom. The van der Waals surface area contributed by atoms with Crippen molar-refractivity contribution < 1.29 is 17.7 Å². The molecular formula is C23H25N3O4S. The lowest BCUT2D eigenvalue weighted by atomic mass is 10.2. The number of hydrogen-bond donors (Lipinski definition) is 1. The van der Waals surface area contributed by atoms with Gasteiger partial charge >= 0.3 is 0 Å². The molecule has 0 bridgehead atoms. The molecule has 1 heterocycles. The lowest BCUT2D eigenvalue weighted by Crippen LogP contribution is -2.26. The van der Waals surface area contributed by atoms with Crippen molar-refractivity contribution in [2.45, 2.75) is 32.1 Å². The summed E-state index contributed by atoms with van der Waals surface area (Å²) >= 11 is 0. The summed E-state index contributed by atoms with van der Waals surface area (Å²) in [6.07, 6.45) is 3.80. The number of rotatable bonds is 7. The summed E-state index contributed by atoms with van der Waals surface area (Å²) in [7, 11) is -2.14. The van der Waals surface area contributed by atoms with Crippen molar-refractivity contribution in [1.82, 2.24) is 5.16 Å². The molecule has 0 spiro atoms. The van der Waals surface area contributed by atoms with E-state index in [1.165, 1.54) is 11.4 Å². The maximum Gasteiger partial charge on any atom is 0.264 e. The van der Waals surface area contributed by atoms with E-state index in [0.717, 1.165) is 11.1 Å². The lowest BCUT2D eigenvalue weighted by Gasteiger charge is -2.19. The molecule has 0 saturated heterocycles. The minimum Gasteiger partial charge on any atom is -0.354 e. The van der Waals surface area contributed by atoms with Crippen molar-refractivity contribution in [3.05, 3.63) is 71.1 Å². The van der Waals surface area contributed by atoms with Gasteiger partial charge in [0.1, 0.15) is 11.4 Å². The van der Waals surface area contributed by atoms with E-state index >= 15 is 0 Å². The van der Waals surface area contributed by atoms with Gasteiger partial charge in [0.25, 0.3) is 10.0 Å². The molecule has 31 heavy (non-hydrogen) atoms. The third-order valence-corrected chi connectivity index (χ3v) is 6.64. The minimum absolute atomic E-state index is 0.131. The van der Waals surface area contributed by atoms with Crippen LogP contribution in [0.4, 0.5) is 11.4 Å². The van der Waals surface area contributed by atoms with Crippen molar-refractivity contribution in [3.8, 4) is 0 Å². The highest BCUT2D eigenvalue weighted by Gasteiger charge is 2.21. The number of hydrogen-bond acceptors (Lipinski definition) is 5. The maximum atomic E-state index is 12.9. The average Bonchev–Trinajstić information content (AvgIpc) is 3.11. The molecule has 0 atom stereocenters. The molecule has 2 aromatic carbocycles. The Bertz CT molecular complexity index is 1190. The molecule has 0 aliphatic heterocycles. The molecule has 3 rings (SSSR count). The molecule has 162 valence electrons. The van der Waals surface area contributed by atoms with Crippen LogP contribution in [0.15, 0.2) is 57.9 Å². The first-order valence-electron chi connectivity index (χ1n) is 9.82. The van der Waals surface area contributed by atoms with Crippen molar-refractivity contribution in [2.75, 3.05) is 16.7 Å². The topological polar surface area (TPSA) is 92.5 Å². The number of sulfonamides is 1. The SMILES string of the molecule is CCC(=O)Nc1c(C)noc1C=Cc1ccc(S(=O)(=O)N(C)c2ccc(C)cc2)cc1. The molecular weight excluding hydrogens is 414 g/mol. The van der Waals surface area contributed by atoms with Gasteiger partial charge in [0, 0.05) is 13.5 Å². The van der Waals surface area contributed by atoms with Crippen molar-refractivity contribution in [1.29, 1.82) is 0 Å². The van der Waals surface area contributed by atoms with Crippen molar-refractivity contribution in [3.63, 3.8) is 0 Å². The zero-order valence-electron chi connectivity index (χ0n) is 17.9. The molecule has 0 aliphatic carbocycles. The number of carbonyl (C=O) groups is 1. The van der Waals surface area contributed by atoms with Crippen LogP contribution in [-0.4, -0.2) is 26.5 Å². The van der Waals surface area contributed by atoms with Crippen molar-refractivity contribution in [2.24, 2.45) is 0 Å². The van der Waals surface area contributed by atoms with Gasteiger partial charge in [-0.1, -0.05) is 48.0 Å². The van der Waals surface area contributed by atoms with Gasteiger partial charge in [-0.05, 0) is 49.8 Å². The van der Waals surface area contributed by atoms with Crippen LogP contribution < -0.4 is 9.62 Å². The second kappa shape index (κ2) is 9.18. The molecule has 0 radical (unpaired) electrons. The van der Waals surface area contributed by atoms with E-state index in [1.807, 2.05) is 19.1 Å². The van der Waals surface area contributed by atoms with Crippen LogP contribution in [-0.2, 0) is 14.8 Å². The summed E-state index contributed by atoms with van der Waals surface area (Å²) in [5.74, 6) is 0.295. The fraction of sp³-hybridized carbons (Fsp3) is 0.217. The predicted octanol–water partition coefficient (Wildman–Crippen LogP) is 4.64. The van der Waals surface area contributed by atoms with Crippen LogP contribution in [0, 0.1) is 13.8 Å². The molecule has 1 amide bonds. The van der Waals surface area contributed by atoms with E-state index in [4.69, 9.17) is 4.52 Å². The van der Waals surface area contributed by atoms with Gasteiger partial charge in [0.05, 0.1) is 10.6 Å². The van der Waals surface area contributed by atoms with Crippen LogP contribution in [0.25, 0.3) is 12.2 Å². The van der Waals surface area contributed by atoms with Gasteiger partial charge in [-0.2, -0.15) is 0 Å². The van der Waals surface area contributed by atoms with E-state index in [0.29, 0.717) is 29.2 Å². The third kappa shape index (κ3) is 5.03. The molecule has 0 fully saturated rings. The minimum atomic E-state index is -3.68. The van der Waals surface area contributed by atoms with Gasteiger partial charge < -0.3 is 9.84 Å². The number of carbonyl (C=O) groups excluding carboxylic acids is 1. The Labute approximate surface area is 182 Å². The summed E-state index contributed by atoms with van der Waals surface area (Å²) in [5.41, 5.74) is 3.55. The molecule has 3 aromatic rings. The standard InChI is InChI=1S/C23H25N3O4S/c1-5-22(27)24-23-17(3)25-30-21(23)15-10-18-8-13-20(14-9-18)31(28,29)26(4)19-11-6-16(2)7-12-19/h6-15H,5H2,1-4H3,(H,24,27). The van der Waals surface area contributed by atoms with Crippen LogP contribution in [0.3, 0.4) is 0 Å². The van der Waals surface area contributed by atoms with E-state index in [1.54, 1.807) is 62.4 Å². The normalized spacial score (nSPS) is 11.6. The summed E-state index contributed by atoms with van der Waals surface area (Å²) in [5, 5.41) is 6.66. The summed E-state index contributed by atoms with van der Waals surface area (Å²) in [4.78, 5) is 11.9. The third-order valence-electron chi connectivity index (χ3n) is 4.84. The first kappa shape index (κ1) is 22.3. The zero-order valence-corrected chi connectivity index (χ0v) is 18.7. The highest BCUT2D eigenvalue weighted by molar-refractivity contribution is 7.92. The predicted molar refractivity (Wildman–Crippen MR) is 122 cm³/mol. The fourth-order valence-electron chi connectivity index (χ4n) is 2.86. The largest absolute Gasteiger partial charge is 0.354 e. The average molecular weight is 440 g/mol. The highest BCUT2D eigenvalue weighted by Crippen LogP contribution is 2.25. The molecule has 8 heteroatoms. The van der Waals surface area contributed by atoms with Crippen LogP contribution >= 0.6 is 0 Å². The van der Waals surface area contributed by atoms with Gasteiger partial charge in [-0.15, -0.1) is 0 Å². The summed E-state index contributed by atoms with van der Waals surface area (Å²) < 4.78 is 32.4. The zero-order chi connectivity index (χ0) is 22.6. The van der Waals surface area contributed by atoms with Gasteiger partial charge in [-0.3, -0.25) is 9.10 Å². The van der Waals surface area contributed by atoms with Crippen LogP contribution in [0.5, 0.6) is 0 Å². The smallest absolute Gasteiger partial charge is 0.264 e. The Morgan fingerprint density at radius 3 is 2.32 bits per heavy atom. The van der Waals surface area contributed by atoms with E-state index in [2.05, 4.69) is 10.5 Å².